The zero-order chi connectivity index (χ0) is 20.9. The van der Waals surface area contributed by atoms with Crippen molar-refractivity contribution >= 4 is 15.9 Å². The second kappa shape index (κ2) is 9.28. The Morgan fingerprint density at radius 2 is 1.97 bits per heavy atom. The number of hydrogen-bond acceptors (Lipinski definition) is 5. The van der Waals surface area contributed by atoms with Crippen LogP contribution >= 0.6 is 0 Å². The minimum Gasteiger partial charge on any atom is -0.497 e. The van der Waals surface area contributed by atoms with Crippen molar-refractivity contribution in [1.82, 2.24) is 9.62 Å². The molecular weight excluding hydrogens is 392 g/mol. The Morgan fingerprint density at radius 1 is 1.14 bits per heavy atom. The fourth-order valence-electron chi connectivity index (χ4n) is 3.22. The van der Waals surface area contributed by atoms with E-state index in [4.69, 9.17) is 9.47 Å². The van der Waals surface area contributed by atoms with Crippen molar-refractivity contribution < 1.29 is 22.7 Å². The van der Waals surface area contributed by atoms with Crippen LogP contribution in [0.5, 0.6) is 11.5 Å². The fraction of sp³-hybridized carbons (Fsp3) is 0.381. The number of fused-ring (bicyclic) bond motifs is 1. The molecule has 1 amide bonds. The van der Waals surface area contributed by atoms with Crippen LogP contribution in [0, 0.1) is 6.92 Å². The number of carbonyl (C=O) groups is 1. The van der Waals surface area contributed by atoms with Gasteiger partial charge in [-0.05, 0) is 54.3 Å². The number of ether oxygens (including phenoxy) is 2. The summed E-state index contributed by atoms with van der Waals surface area (Å²) in [5.41, 5.74) is 3.13. The first-order chi connectivity index (χ1) is 13.9. The maximum absolute atomic E-state index is 12.6. The van der Waals surface area contributed by atoms with Crippen LogP contribution in [0.4, 0.5) is 0 Å². The molecule has 0 radical (unpaired) electrons. The molecule has 1 heterocycles. The predicted octanol–water partition coefficient (Wildman–Crippen LogP) is 1.89. The average Bonchev–Trinajstić information content (AvgIpc) is 2.71. The summed E-state index contributed by atoms with van der Waals surface area (Å²) in [5.74, 6) is 0.888. The fourth-order valence-corrected chi connectivity index (χ4v) is 4.54. The lowest BCUT2D eigenvalue weighted by Gasteiger charge is -2.28. The molecule has 0 saturated carbocycles. The summed E-state index contributed by atoms with van der Waals surface area (Å²) >= 11 is 0. The summed E-state index contributed by atoms with van der Waals surface area (Å²) in [7, 11) is -1.85. The molecule has 0 aliphatic carbocycles. The molecule has 156 valence electrons. The highest BCUT2D eigenvalue weighted by Gasteiger charge is 2.26. The Morgan fingerprint density at radius 3 is 2.72 bits per heavy atom. The smallest absolute Gasteiger partial charge is 0.257 e. The van der Waals surface area contributed by atoms with E-state index in [0.717, 1.165) is 22.4 Å². The Balaban J connectivity index is 1.46. The second-order valence-electron chi connectivity index (χ2n) is 6.99. The van der Waals surface area contributed by atoms with Gasteiger partial charge in [-0.3, -0.25) is 4.79 Å². The molecule has 0 bridgehead atoms. The van der Waals surface area contributed by atoms with Crippen molar-refractivity contribution in [3.63, 3.8) is 0 Å². The predicted molar refractivity (Wildman–Crippen MR) is 111 cm³/mol. The summed E-state index contributed by atoms with van der Waals surface area (Å²) in [6, 6.07) is 13.1. The van der Waals surface area contributed by atoms with E-state index in [1.54, 1.807) is 13.2 Å². The van der Waals surface area contributed by atoms with Crippen LogP contribution in [0.25, 0.3) is 0 Å². The maximum Gasteiger partial charge on any atom is 0.257 e. The number of aryl methyl sites for hydroxylation is 1. The number of amides is 1. The van der Waals surface area contributed by atoms with Crippen molar-refractivity contribution in [2.45, 2.75) is 19.9 Å². The second-order valence-corrected chi connectivity index (χ2v) is 9.08. The molecule has 7 nitrogen and oxygen atoms in total. The Bertz CT molecular complexity index is 975. The van der Waals surface area contributed by atoms with Crippen LogP contribution in [0.3, 0.4) is 0 Å². The van der Waals surface area contributed by atoms with E-state index in [2.05, 4.69) is 5.32 Å². The Kier molecular flexibility index (Phi) is 6.76. The van der Waals surface area contributed by atoms with Gasteiger partial charge in [0.2, 0.25) is 10.0 Å². The number of nitrogens with one attached hydrogen (secondary N) is 1. The monoisotopic (exact) mass is 418 g/mol. The third-order valence-corrected chi connectivity index (χ3v) is 6.64. The number of hydrogen-bond donors (Lipinski definition) is 1. The zero-order valence-electron chi connectivity index (χ0n) is 16.7. The van der Waals surface area contributed by atoms with E-state index >= 15 is 0 Å². The van der Waals surface area contributed by atoms with Gasteiger partial charge in [0, 0.05) is 19.6 Å². The number of nitrogens with zero attached hydrogens (tertiary/aromatic N) is 1. The molecule has 0 saturated heterocycles. The third kappa shape index (κ3) is 5.71. The van der Waals surface area contributed by atoms with Gasteiger partial charge in [-0.25, -0.2) is 8.42 Å². The first-order valence-corrected chi connectivity index (χ1v) is 11.1. The normalized spacial score (nSPS) is 14.1. The van der Waals surface area contributed by atoms with Crippen LogP contribution in [0.2, 0.25) is 0 Å². The van der Waals surface area contributed by atoms with Gasteiger partial charge in [-0.2, -0.15) is 4.31 Å². The van der Waals surface area contributed by atoms with Gasteiger partial charge < -0.3 is 14.8 Å². The highest BCUT2D eigenvalue weighted by atomic mass is 32.2. The number of rotatable bonds is 8. The lowest BCUT2D eigenvalue weighted by Crippen LogP contribution is -2.41. The largest absolute Gasteiger partial charge is 0.497 e. The topological polar surface area (TPSA) is 84.9 Å². The molecule has 0 fully saturated rings. The molecule has 3 rings (SSSR count). The summed E-state index contributed by atoms with van der Waals surface area (Å²) in [6.07, 6.45) is 0.641. The van der Waals surface area contributed by atoms with E-state index in [9.17, 15) is 13.2 Å². The average molecular weight is 419 g/mol. The lowest BCUT2D eigenvalue weighted by atomic mass is 10.0. The molecule has 0 aromatic heterocycles. The molecule has 0 unspecified atom stereocenters. The standard InChI is InChI=1S/C21H26N2O5S/c1-16-4-3-5-20(12-16)28-15-21(24)22-9-11-29(25,26)23-10-8-17-13-19(27-2)7-6-18(17)14-23/h3-7,12-13H,8-11,14-15H2,1-2H3,(H,22,24). The van der Waals surface area contributed by atoms with E-state index < -0.39 is 10.0 Å². The van der Waals surface area contributed by atoms with Crippen LogP contribution in [0.1, 0.15) is 16.7 Å². The first kappa shape index (κ1) is 21.1. The van der Waals surface area contributed by atoms with Gasteiger partial charge in [0.25, 0.3) is 5.91 Å². The molecule has 0 atom stereocenters. The zero-order valence-corrected chi connectivity index (χ0v) is 17.5. The highest BCUT2D eigenvalue weighted by molar-refractivity contribution is 7.89. The summed E-state index contributed by atoms with van der Waals surface area (Å²) < 4.78 is 37.4. The van der Waals surface area contributed by atoms with Crippen molar-refractivity contribution in [2.75, 3.05) is 32.6 Å². The van der Waals surface area contributed by atoms with Crippen molar-refractivity contribution in [3.8, 4) is 11.5 Å². The van der Waals surface area contributed by atoms with Crippen LogP contribution < -0.4 is 14.8 Å². The van der Waals surface area contributed by atoms with Gasteiger partial charge in [0.05, 0.1) is 12.9 Å². The molecule has 29 heavy (non-hydrogen) atoms. The van der Waals surface area contributed by atoms with Gasteiger partial charge in [0.15, 0.2) is 6.61 Å². The summed E-state index contributed by atoms with van der Waals surface area (Å²) in [5, 5.41) is 2.61. The first-order valence-electron chi connectivity index (χ1n) is 9.47. The van der Waals surface area contributed by atoms with E-state index in [1.165, 1.54) is 4.31 Å². The van der Waals surface area contributed by atoms with Gasteiger partial charge in [-0.1, -0.05) is 18.2 Å². The third-order valence-electron chi connectivity index (χ3n) is 4.83. The number of sulfonamides is 1. The Labute approximate surface area is 171 Å². The van der Waals surface area contributed by atoms with Gasteiger partial charge in [-0.15, -0.1) is 0 Å². The molecule has 1 aliphatic rings. The van der Waals surface area contributed by atoms with Crippen LogP contribution in [0.15, 0.2) is 42.5 Å². The van der Waals surface area contributed by atoms with Gasteiger partial charge >= 0.3 is 0 Å². The van der Waals surface area contributed by atoms with Crippen LogP contribution in [-0.4, -0.2) is 51.2 Å². The SMILES string of the molecule is COc1ccc2c(c1)CCN(S(=O)(=O)CCNC(=O)COc1cccc(C)c1)C2. The summed E-state index contributed by atoms with van der Waals surface area (Å²) in [4.78, 5) is 11.9. The Hall–Kier alpha value is -2.58. The molecular formula is C21H26N2O5S. The minimum absolute atomic E-state index is 0.0459. The number of benzene rings is 2. The van der Waals surface area contributed by atoms with Crippen LogP contribution in [-0.2, 0) is 27.8 Å². The highest BCUT2D eigenvalue weighted by Crippen LogP contribution is 2.25. The molecule has 2 aromatic rings. The van der Waals surface area contributed by atoms with E-state index in [1.807, 2.05) is 43.3 Å². The molecule has 2 aromatic carbocycles. The molecule has 1 aliphatic heterocycles. The number of carbonyl (C=O) groups excluding carboxylic acids is 1. The lowest BCUT2D eigenvalue weighted by molar-refractivity contribution is -0.122. The molecule has 8 heteroatoms. The quantitative estimate of drug-likeness (QED) is 0.708. The summed E-state index contributed by atoms with van der Waals surface area (Å²) in [6.45, 7) is 2.60. The number of methoxy groups -OCH3 is 1. The molecule has 1 N–H and O–H groups in total. The minimum atomic E-state index is -3.46. The van der Waals surface area contributed by atoms with Crippen molar-refractivity contribution in [1.29, 1.82) is 0 Å². The maximum atomic E-state index is 12.6. The van der Waals surface area contributed by atoms with E-state index in [-0.39, 0.29) is 24.8 Å². The van der Waals surface area contributed by atoms with Gasteiger partial charge in [0.1, 0.15) is 11.5 Å². The van der Waals surface area contributed by atoms with E-state index in [0.29, 0.717) is 25.3 Å². The van der Waals surface area contributed by atoms with Crippen molar-refractivity contribution in [2.24, 2.45) is 0 Å². The van der Waals surface area contributed by atoms with Crippen molar-refractivity contribution in [3.05, 3.63) is 59.2 Å². The molecule has 0 spiro atoms.